The van der Waals surface area contributed by atoms with Crippen LogP contribution < -0.4 is 10.3 Å². The summed E-state index contributed by atoms with van der Waals surface area (Å²) in [6.45, 7) is 7.59. The highest BCUT2D eigenvalue weighted by Gasteiger charge is 2.43. The zero-order chi connectivity index (χ0) is 19.7. The Kier molecular flexibility index (Phi) is 4.96. The third-order valence-electron chi connectivity index (χ3n) is 5.55. The minimum atomic E-state index is -0.514. The van der Waals surface area contributed by atoms with Gasteiger partial charge >= 0.3 is 0 Å². The summed E-state index contributed by atoms with van der Waals surface area (Å²) >= 11 is 0. The normalized spacial score (nSPS) is 16.2. The van der Waals surface area contributed by atoms with Crippen molar-refractivity contribution in [2.45, 2.75) is 19.9 Å². The third kappa shape index (κ3) is 2.99. The van der Waals surface area contributed by atoms with Gasteiger partial charge in [0, 0.05) is 6.20 Å². The molecule has 6 heteroatoms. The van der Waals surface area contributed by atoms with Gasteiger partial charge in [0.1, 0.15) is 11.6 Å². The Labute approximate surface area is 163 Å². The molecule has 1 aliphatic rings. The van der Waals surface area contributed by atoms with Crippen molar-refractivity contribution < 1.29 is 14.1 Å². The predicted octanol–water partition coefficient (Wildman–Crippen LogP) is 1.66. The predicted molar refractivity (Wildman–Crippen MR) is 107 cm³/mol. The van der Waals surface area contributed by atoms with E-state index in [9.17, 15) is 9.59 Å². The Morgan fingerprint density at radius 3 is 2.54 bits per heavy atom. The summed E-state index contributed by atoms with van der Waals surface area (Å²) < 4.78 is 5.91. The highest BCUT2D eigenvalue weighted by Crippen LogP contribution is 2.36. The van der Waals surface area contributed by atoms with Crippen LogP contribution in [0.3, 0.4) is 0 Å². The van der Waals surface area contributed by atoms with Gasteiger partial charge in [-0.15, -0.1) is 0 Å². The highest BCUT2D eigenvalue weighted by atomic mass is 16.3. The van der Waals surface area contributed by atoms with E-state index in [0.717, 1.165) is 19.6 Å². The Balaban J connectivity index is 1.85. The molecule has 4 rings (SSSR count). The van der Waals surface area contributed by atoms with Gasteiger partial charge in [-0.05, 0) is 38.1 Å². The van der Waals surface area contributed by atoms with Gasteiger partial charge < -0.3 is 14.2 Å². The van der Waals surface area contributed by atoms with Gasteiger partial charge in [0.15, 0.2) is 5.43 Å². The lowest BCUT2D eigenvalue weighted by Gasteiger charge is -2.26. The molecule has 0 aliphatic carbocycles. The summed E-state index contributed by atoms with van der Waals surface area (Å²) in [5.41, 5.74) is 1.37. The molecule has 0 saturated carbocycles. The van der Waals surface area contributed by atoms with Crippen molar-refractivity contribution in [2.75, 3.05) is 26.2 Å². The zero-order valence-electron chi connectivity index (χ0n) is 16.1. The molecule has 1 aliphatic heterocycles. The molecule has 28 heavy (non-hydrogen) atoms. The van der Waals surface area contributed by atoms with Crippen LogP contribution in [0, 0.1) is 0 Å². The Hall–Kier alpha value is -2.99. The lowest BCUT2D eigenvalue weighted by atomic mass is 10.0. The molecule has 1 amide bonds. The van der Waals surface area contributed by atoms with E-state index >= 15 is 0 Å². The summed E-state index contributed by atoms with van der Waals surface area (Å²) in [5, 5.41) is 0.492. The van der Waals surface area contributed by atoms with E-state index in [1.54, 1.807) is 35.4 Å². The van der Waals surface area contributed by atoms with E-state index in [4.69, 9.17) is 4.42 Å². The van der Waals surface area contributed by atoms with Crippen LogP contribution in [0.2, 0.25) is 0 Å². The molecule has 0 radical (unpaired) electrons. The summed E-state index contributed by atoms with van der Waals surface area (Å²) in [7, 11) is 0. The van der Waals surface area contributed by atoms with Gasteiger partial charge in [-0.25, -0.2) is 0 Å². The number of likely N-dealkylation sites (N-methyl/N-ethyl adjacent to an activating group) is 1. The topological polar surface area (TPSA) is 67.8 Å². The zero-order valence-corrected chi connectivity index (χ0v) is 16.1. The van der Waals surface area contributed by atoms with E-state index in [0.29, 0.717) is 28.8 Å². The lowest BCUT2D eigenvalue weighted by Crippen LogP contribution is -3.12. The number of hydrogen-bond acceptors (Lipinski definition) is 4. The number of hydrogen-bond donors (Lipinski definition) is 1. The number of carbonyl (C=O) groups is 1. The molecular weight excluding hydrogens is 354 g/mol. The van der Waals surface area contributed by atoms with Crippen LogP contribution >= 0.6 is 0 Å². The van der Waals surface area contributed by atoms with Gasteiger partial charge in [0.05, 0.1) is 42.8 Å². The first-order chi connectivity index (χ1) is 13.7. The van der Waals surface area contributed by atoms with Crippen molar-refractivity contribution in [1.82, 2.24) is 9.88 Å². The SMILES string of the molecule is CC[NH+](CC)CCN1C(=O)c2oc3ccccc3c(=O)c2[C@H]1c1ccccn1. The molecule has 3 heterocycles. The molecule has 1 atom stereocenters. The molecular formula is C22H24N3O3+. The molecule has 3 aromatic rings. The average Bonchev–Trinajstić information content (AvgIpc) is 3.02. The first-order valence-corrected chi connectivity index (χ1v) is 9.76. The number of para-hydroxylation sites is 1. The van der Waals surface area contributed by atoms with Gasteiger partial charge in [0.2, 0.25) is 5.76 Å². The molecule has 1 aromatic carbocycles. The number of rotatable bonds is 6. The maximum Gasteiger partial charge on any atom is 0.291 e. The minimum Gasteiger partial charge on any atom is -0.450 e. The summed E-state index contributed by atoms with van der Waals surface area (Å²) in [5.74, 6) is -0.0889. The molecule has 0 unspecified atom stereocenters. The smallest absolute Gasteiger partial charge is 0.291 e. The van der Waals surface area contributed by atoms with Crippen molar-refractivity contribution in [3.05, 3.63) is 75.9 Å². The fraction of sp³-hybridized carbons (Fsp3) is 0.318. The lowest BCUT2D eigenvalue weighted by molar-refractivity contribution is -0.895. The number of amides is 1. The number of nitrogens with one attached hydrogen (secondary N) is 1. The first-order valence-electron chi connectivity index (χ1n) is 9.76. The van der Waals surface area contributed by atoms with E-state index < -0.39 is 6.04 Å². The van der Waals surface area contributed by atoms with Gasteiger partial charge in [-0.3, -0.25) is 14.6 Å². The van der Waals surface area contributed by atoms with E-state index in [-0.39, 0.29) is 17.1 Å². The van der Waals surface area contributed by atoms with Crippen molar-refractivity contribution >= 4 is 16.9 Å². The average molecular weight is 378 g/mol. The third-order valence-corrected chi connectivity index (χ3v) is 5.55. The van der Waals surface area contributed by atoms with E-state index in [1.807, 2.05) is 18.2 Å². The van der Waals surface area contributed by atoms with Crippen molar-refractivity contribution in [3.8, 4) is 0 Å². The highest BCUT2D eigenvalue weighted by molar-refractivity contribution is 5.98. The number of benzene rings is 1. The molecule has 144 valence electrons. The Bertz CT molecular complexity index is 1060. The van der Waals surface area contributed by atoms with Crippen LogP contribution in [-0.4, -0.2) is 42.0 Å². The molecule has 2 aromatic heterocycles. The molecule has 6 nitrogen and oxygen atoms in total. The van der Waals surface area contributed by atoms with Crippen LogP contribution in [-0.2, 0) is 0 Å². The largest absolute Gasteiger partial charge is 0.450 e. The summed E-state index contributed by atoms with van der Waals surface area (Å²) in [6.07, 6.45) is 1.69. The molecule has 0 spiro atoms. The second-order valence-corrected chi connectivity index (χ2v) is 7.03. The van der Waals surface area contributed by atoms with E-state index in [1.165, 1.54) is 4.90 Å². The summed E-state index contributed by atoms with van der Waals surface area (Å²) in [4.78, 5) is 34.1. The van der Waals surface area contributed by atoms with Gasteiger partial charge in [-0.1, -0.05) is 18.2 Å². The Morgan fingerprint density at radius 2 is 1.82 bits per heavy atom. The maximum absolute atomic E-state index is 13.3. The molecule has 1 N–H and O–H groups in total. The standard InChI is InChI=1S/C22H23N3O3/c1-3-24(4-2)13-14-25-19(16-10-7-8-12-23-16)18-20(26)15-9-5-6-11-17(15)28-21(18)22(25)27/h5-12,19H,3-4,13-14H2,1-2H3/p+1/t19-/m1/s1. The van der Waals surface area contributed by atoms with Gasteiger partial charge in [0.25, 0.3) is 5.91 Å². The van der Waals surface area contributed by atoms with Crippen LogP contribution in [0.15, 0.2) is 57.9 Å². The quantitative estimate of drug-likeness (QED) is 0.708. The number of carbonyl (C=O) groups excluding carboxylic acids is 1. The van der Waals surface area contributed by atoms with Crippen LogP contribution in [0.4, 0.5) is 0 Å². The maximum atomic E-state index is 13.3. The first kappa shape index (κ1) is 18.4. The number of nitrogens with zero attached hydrogens (tertiary/aromatic N) is 2. The fourth-order valence-corrected chi connectivity index (χ4v) is 3.93. The number of aromatic nitrogens is 1. The summed E-state index contributed by atoms with van der Waals surface area (Å²) in [6, 6.07) is 12.1. The Morgan fingerprint density at radius 1 is 1.07 bits per heavy atom. The fourth-order valence-electron chi connectivity index (χ4n) is 3.93. The molecule has 0 fully saturated rings. The number of pyridine rings is 1. The van der Waals surface area contributed by atoms with Gasteiger partial charge in [-0.2, -0.15) is 0 Å². The number of fused-ring (bicyclic) bond motifs is 2. The molecule has 0 bridgehead atoms. The van der Waals surface area contributed by atoms with Crippen molar-refractivity contribution in [1.29, 1.82) is 0 Å². The second-order valence-electron chi connectivity index (χ2n) is 7.03. The van der Waals surface area contributed by atoms with E-state index in [2.05, 4.69) is 18.8 Å². The number of quaternary nitrogens is 1. The van der Waals surface area contributed by atoms with Crippen LogP contribution in [0.5, 0.6) is 0 Å². The van der Waals surface area contributed by atoms with Crippen LogP contribution in [0.1, 0.15) is 41.7 Å². The molecule has 0 saturated heterocycles. The second kappa shape index (κ2) is 7.56. The van der Waals surface area contributed by atoms with Crippen LogP contribution in [0.25, 0.3) is 11.0 Å². The van der Waals surface area contributed by atoms with Crippen molar-refractivity contribution in [3.63, 3.8) is 0 Å². The minimum absolute atomic E-state index is 0.147. The monoisotopic (exact) mass is 378 g/mol. The van der Waals surface area contributed by atoms with Crippen molar-refractivity contribution in [2.24, 2.45) is 0 Å².